The molecule has 0 spiro atoms. The van der Waals surface area contributed by atoms with Gasteiger partial charge in [0.25, 0.3) is 11.6 Å². The van der Waals surface area contributed by atoms with E-state index >= 15 is 0 Å². The molecule has 0 radical (unpaired) electrons. The zero-order chi connectivity index (χ0) is 22.0. The van der Waals surface area contributed by atoms with Crippen molar-refractivity contribution in [1.29, 1.82) is 0 Å². The average Bonchev–Trinajstić information content (AvgIpc) is 3.03. The summed E-state index contributed by atoms with van der Waals surface area (Å²) in [5, 5.41) is 26.8. The molecule has 10 nitrogen and oxygen atoms in total. The number of carboxylic acid groups (broad SMARTS) is 1. The molecule has 0 aliphatic rings. The van der Waals surface area contributed by atoms with Crippen LogP contribution in [0.15, 0.2) is 42.6 Å². The molecule has 3 rings (SSSR count). The van der Waals surface area contributed by atoms with E-state index in [9.17, 15) is 24.8 Å². The Morgan fingerprint density at radius 3 is 2.33 bits per heavy atom. The normalized spacial score (nSPS) is 10.5. The van der Waals surface area contributed by atoms with E-state index in [-0.39, 0.29) is 28.4 Å². The van der Waals surface area contributed by atoms with Gasteiger partial charge >= 0.3 is 5.97 Å². The van der Waals surface area contributed by atoms with Crippen LogP contribution in [-0.2, 0) is 7.05 Å². The van der Waals surface area contributed by atoms with E-state index < -0.39 is 16.8 Å². The number of nitro benzene ring substituents is 1. The molecule has 0 unspecified atom stereocenters. The summed E-state index contributed by atoms with van der Waals surface area (Å²) in [7, 11) is 1.48. The number of non-ortho nitro benzene ring substituents is 1. The molecule has 1 aromatic heterocycles. The molecule has 0 saturated carbocycles. The summed E-state index contributed by atoms with van der Waals surface area (Å²) in [4.78, 5) is 34.5. The lowest BCUT2D eigenvalue weighted by Crippen LogP contribution is -2.16. The highest BCUT2D eigenvalue weighted by molar-refractivity contribution is 6.09. The molecule has 0 atom stereocenters. The van der Waals surface area contributed by atoms with Gasteiger partial charge in [0.2, 0.25) is 0 Å². The molecule has 10 heteroatoms. The van der Waals surface area contributed by atoms with Crippen LogP contribution in [0.25, 0.3) is 0 Å². The third-order valence-corrected chi connectivity index (χ3v) is 4.07. The minimum atomic E-state index is -1.31. The highest BCUT2D eigenvalue weighted by atomic mass is 16.6. The Labute approximate surface area is 170 Å². The molecule has 1 amide bonds. The number of benzene rings is 2. The van der Waals surface area contributed by atoms with Gasteiger partial charge < -0.3 is 15.2 Å². The number of carboxylic acids is 1. The molecule has 154 valence electrons. The Morgan fingerprint density at radius 2 is 1.73 bits per heavy atom. The van der Waals surface area contributed by atoms with Crippen LogP contribution in [0.2, 0.25) is 0 Å². The minimum absolute atomic E-state index is 0.0653. The van der Waals surface area contributed by atoms with Gasteiger partial charge in [0.15, 0.2) is 5.69 Å². The van der Waals surface area contributed by atoms with E-state index in [4.69, 9.17) is 4.74 Å². The number of aromatic carboxylic acids is 1. The van der Waals surface area contributed by atoms with Crippen molar-refractivity contribution in [2.75, 3.05) is 5.32 Å². The van der Waals surface area contributed by atoms with Crippen LogP contribution in [0.1, 0.15) is 32.0 Å². The number of carbonyl (C=O) groups is 2. The van der Waals surface area contributed by atoms with Crippen molar-refractivity contribution in [3.05, 3.63) is 75.1 Å². The second-order valence-corrected chi connectivity index (χ2v) is 6.72. The van der Waals surface area contributed by atoms with E-state index in [1.165, 1.54) is 30.1 Å². The second kappa shape index (κ2) is 8.03. The molecule has 0 aliphatic carbocycles. The molecule has 0 saturated heterocycles. The number of nitrogens with zero attached hydrogens (tertiary/aromatic N) is 3. The number of hydrogen-bond acceptors (Lipinski definition) is 6. The van der Waals surface area contributed by atoms with E-state index in [1.807, 2.05) is 19.9 Å². The van der Waals surface area contributed by atoms with Crippen LogP contribution >= 0.6 is 0 Å². The van der Waals surface area contributed by atoms with Gasteiger partial charge in [-0.2, -0.15) is 5.10 Å². The number of aryl methyl sites for hydroxylation is 3. The Morgan fingerprint density at radius 1 is 1.10 bits per heavy atom. The fraction of sp³-hybridized carbons (Fsp3) is 0.150. The summed E-state index contributed by atoms with van der Waals surface area (Å²) in [6.07, 6.45) is 1.19. The number of carbonyl (C=O) groups excluding carboxylic acids is 1. The van der Waals surface area contributed by atoms with Crippen LogP contribution in [0.5, 0.6) is 11.5 Å². The SMILES string of the molecule is Cc1cc(C)cc(Oc2cc(NC(=O)c3nn(C)cc3C(=O)O)cc([N+](=O)[O-])c2)c1. The summed E-state index contributed by atoms with van der Waals surface area (Å²) >= 11 is 0. The van der Waals surface area contributed by atoms with Crippen molar-refractivity contribution in [2.24, 2.45) is 7.05 Å². The van der Waals surface area contributed by atoms with Gasteiger partial charge in [-0.05, 0) is 37.1 Å². The third-order valence-electron chi connectivity index (χ3n) is 4.07. The van der Waals surface area contributed by atoms with Crippen molar-refractivity contribution in [2.45, 2.75) is 13.8 Å². The molecule has 30 heavy (non-hydrogen) atoms. The summed E-state index contributed by atoms with van der Waals surface area (Å²) < 4.78 is 6.95. The van der Waals surface area contributed by atoms with Crippen molar-refractivity contribution in [1.82, 2.24) is 9.78 Å². The van der Waals surface area contributed by atoms with Gasteiger partial charge in [0.1, 0.15) is 17.1 Å². The molecule has 2 aromatic carbocycles. The van der Waals surface area contributed by atoms with Crippen LogP contribution in [-0.4, -0.2) is 31.7 Å². The fourth-order valence-electron chi connectivity index (χ4n) is 2.95. The van der Waals surface area contributed by atoms with E-state index in [0.29, 0.717) is 5.75 Å². The predicted molar refractivity (Wildman–Crippen MR) is 107 cm³/mol. The number of hydrogen-bond donors (Lipinski definition) is 2. The lowest BCUT2D eigenvalue weighted by atomic mass is 10.1. The van der Waals surface area contributed by atoms with Crippen molar-refractivity contribution >= 4 is 23.3 Å². The largest absolute Gasteiger partial charge is 0.478 e. The zero-order valence-electron chi connectivity index (χ0n) is 16.4. The summed E-state index contributed by atoms with van der Waals surface area (Å²) in [6.45, 7) is 3.79. The average molecular weight is 410 g/mol. The second-order valence-electron chi connectivity index (χ2n) is 6.72. The van der Waals surface area contributed by atoms with Gasteiger partial charge in [-0.25, -0.2) is 4.79 Å². The first-order chi connectivity index (χ1) is 14.1. The Hall–Kier alpha value is -4.21. The number of nitrogens with one attached hydrogen (secondary N) is 1. The minimum Gasteiger partial charge on any atom is -0.478 e. The maximum atomic E-state index is 12.5. The molecular weight excluding hydrogens is 392 g/mol. The molecule has 3 aromatic rings. The number of rotatable bonds is 6. The van der Waals surface area contributed by atoms with Crippen molar-refractivity contribution < 1.29 is 24.4 Å². The number of anilines is 1. The van der Waals surface area contributed by atoms with E-state index in [0.717, 1.165) is 17.2 Å². The highest BCUT2D eigenvalue weighted by Crippen LogP contribution is 2.31. The number of nitro groups is 1. The molecule has 0 aliphatic heterocycles. The van der Waals surface area contributed by atoms with Crippen LogP contribution in [0.3, 0.4) is 0 Å². The highest BCUT2D eigenvalue weighted by Gasteiger charge is 2.22. The predicted octanol–water partition coefficient (Wildman–Crippen LogP) is 3.69. The van der Waals surface area contributed by atoms with Crippen LogP contribution < -0.4 is 10.1 Å². The first-order valence-electron chi connectivity index (χ1n) is 8.76. The quantitative estimate of drug-likeness (QED) is 0.467. The smallest absolute Gasteiger partial charge is 0.339 e. The lowest BCUT2D eigenvalue weighted by Gasteiger charge is -2.10. The molecule has 2 N–H and O–H groups in total. The summed E-state index contributed by atoms with van der Waals surface area (Å²) in [6, 6.07) is 9.30. The Kier molecular flexibility index (Phi) is 5.50. The van der Waals surface area contributed by atoms with Crippen LogP contribution in [0.4, 0.5) is 11.4 Å². The first kappa shape index (κ1) is 20.5. The van der Waals surface area contributed by atoms with Crippen molar-refractivity contribution in [3.63, 3.8) is 0 Å². The van der Waals surface area contributed by atoms with E-state index in [2.05, 4.69) is 10.4 Å². The van der Waals surface area contributed by atoms with Crippen molar-refractivity contribution in [3.8, 4) is 11.5 Å². The fourth-order valence-corrected chi connectivity index (χ4v) is 2.95. The summed E-state index contributed by atoms with van der Waals surface area (Å²) in [5.74, 6) is -1.50. The maximum Gasteiger partial charge on any atom is 0.339 e. The number of amides is 1. The Bertz CT molecular complexity index is 1150. The van der Waals surface area contributed by atoms with Gasteiger partial charge in [-0.1, -0.05) is 6.07 Å². The molecule has 0 bridgehead atoms. The molecule has 0 fully saturated rings. The van der Waals surface area contributed by atoms with Gasteiger partial charge in [0.05, 0.1) is 16.7 Å². The monoisotopic (exact) mass is 410 g/mol. The standard InChI is InChI=1S/C20H18N4O6/c1-11-4-12(2)6-15(5-11)30-16-8-13(7-14(9-16)24(28)29)21-19(25)18-17(20(26)27)10-23(3)22-18/h4-10H,1-3H3,(H,21,25)(H,26,27). The van der Waals surface area contributed by atoms with Crippen LogP contribution in [0, 0.1) is 24.0 Å². The molecule has 1 heterocycles. The summed E-state index contributed by atoms with van der Waals surface area (Å²) in [5.41, 5.74) is 1.09. The maximum absolute atomic E-state index is 12.5. The van der Waals surface area contributed by atoms with Gasteiger partial charge in [-0.3, -0.25) is 19.6 Å². The zero-order valence-corrected chi connectivity index (χ0v) is 16.4. The topological polar surface area (TPSA) is 137 Å². The number of ether oxygens (including phenoxy) is 1. The first-order valence-corrected chi connectivity index (χ1v) is 8.76. The van der Waals surface area contributed by atoms with E-state index in [1.54, 1.807) is 12.1 Å². The third kappa shape index (κ3) is 4.61. The van der Waals surface area contributed by atoms with Gasteiger partial charge in [-0.15, -0.1) is 0 Å². The van der Waals surface area contributed by atoms with Gasteiger partial charge in [0, 0.05) is 25.4 Å². The Balaban J connectivity index is 1.94. The lowest BCUT2D eigenvalue weighted by molar-refractivity contribution is -0.384. The number of aromatic nitrogens is 2. The molecular formula is C20H18N4O6.